The molecule has 0 spiro atoms. The van der Waals surface area contributed by atoms with Gasteiger partial charge in [-0.1, -0.05) is 0 Å². The van der Waals surface area contributed by atoms with Crippen LogP contribution >= 0.6 is 11.3 Å². The maximum Gasteiger partial charge on any atom is 0.273 e. The van der Waals surface area contributed by atoms with Crippen LogP contribution in [0, 0.1) is 6.92 Å². The Morgan fingerprint density at radius 1 is 1.42 bits per heavy atom. The molecule has 0 aliphatic rings. The van der Waals surface area contributed by atoms with Gasteiger partial charge in [0.1, 0.15) is 5.69 Å². The van der Waals surface area contributed by atoms with E-state index in [1.54, 1.807) is 36.8 Å². The lowest BCUT2D eigenvalue weighted by atomic mass is 10.3. The van der Waals surface area contributed by atoms with E-state index < -0.39 is 0 Å². The SMILES string of the molecule is CNc1ncc(CN(C)C(=O)c2csc(C)n2)cn1. The van der Waals surface area contributed by atoms with Gasteiger partial charge in [0.15, 0.2) is 0 Å². The van der Waals surface area contributed by atoms with Gasteiger partial charge in [-0.25, -0.2) is 15.0 Å². The van der Waals surface area contributed by atoms with Crippen molar-refractivity contribution >= 4 is 23.2 Å². The number of carbonyl (C=O) groups excluding carboxylic acids is 1. The molecule has 0 unspecified atom stereocenters. The normalized spacial score (nSPS) is 10.3. The number of aryl methyl sites for hydroxylation is 1. The van der Waals surface area contributed by atoms with Gasteiger partial charge in [-0.05, 0) is 6.92 Å². The third kappa shape index (κ3) is 3.25. The molecule has 7 heteroatoms. The van der Waals surface area contributed by atoms with E-state index in [2.05, 4.69) is 20.3 Å². The number of thiazole rings is 1. The predicted octanol–water partition coefficient (Wildman–Crippen LogP) is 1.56. The maximum atomic E-state index is 12.1. The monoisotopic (exact) mass is 277 g/mol. The molecule has 0 bridgehead atoms. The lowest BCUT2D eigenvalue weighted by Crippen LogP contribution is -2.26. The van der Waals surface area contributed by atoms with E-state index in [4.69, 9.17) is 0 Å². The van der Waals surface area contributed by atoms with E-state index in [1.165, 1.54) is 11.3 Å². The highest BCUT2D eigenvalue weighted by Gasteiger charge is 2.15. The molecule has 0 aromatic carbocycles. The van der Waals surface area contributed by atoms with Crippen LogP contribution in [0.5, 0.6) is 0 Å². The molecule has 0 aliphatic heterocycles. The summed E-state index contributed by atoms with van der Waals surface area (Å²) in [6.07, 6.45) is 3.41. The highest BCUT2D eigenvalue weighted by molar-refractivity contribution is 7.09. The smallest absolute Gasteiger partial charge is 0.273 e. The number of nitrogens with zero attached hydrogens (tertiary/aromatic N) is 4. The minimum Gasteiger partial charge on any atom is -0.357 e. The summed E-state index contributed by atoms with van der Waals surface area (Å²) in [5.74, 6) is 0.467. The first-order valence-electron chi connectivity index (χ1n) is 5.76. The summed E-state index contributed by atoms with van der Waals surface area (Å²) in [6.45, 7) is 2.34. The summed E-state index contributed by atoms with van der Waals surface area (Å²) in [4.78, 5) is 26.1. The topological polar surface area (TPSA) is 71.0 Å². The van der Waals surface area contributed by atoms with Gasteiger partial charge in [-0.2, -0.15) is 0 Å². The second-order valence-electron chi connectivity index (χ2n) is 4.08. The molecule has 0 saturated carbocycles. The van der Waals surface area contributed by atoms with Crippen molar-refractivity contribution in [3.05, 3.63) is 34.0 Å². The van der Waals surface area contributed by atoms with Crippen molar-refractivity contribution < 1.29 is 4.79 Å². The molecule has 0 fully saturated rings. The zero-order chi connectivity index (χ0) is 13.8. The van der Waals surface area contributed by atoms with E-state index in [9.17, 15) is 4.79 Å². The van der Waals surface area contributed by atoms with Gasteiger partial charge in [0.05, 0.1) is 5.01 Å². The second kappa shape index (κ2) is 5.75. The minimum absolute atomic E-state index is 0.0953. The van der Waals surface area contributed by atoms with Crippen LogP contribution in [0.3, 0.4) is 0 Å². The molecule has 1 N–H and O–H groups in total. The fourth-order valence-electron chi connectivity index (χ4n) is 1.57. The van der Waals surface area contributed by atoms with Crippen molar-refractivity contribution in [1.82, 2.24) is 19.9 Å². The van der Waals surface area contributed by atoms with Crippen LogP contribution in [-0.2, 0) is 6.54 Å². The molecule has 2 aromatic heterocycles. The number of hydrogen-bond acceptors (Lipinski definition) is 6. The predicted molar refractivity (Wildman–Crippen MR) is 74.2 cm³/mol. The third-order valence-corrected chi connectivity index (χ3v) is 3.31. The molecule has 2 aromatic rings. The Balaban J connectivity index is 2.03. The molecule has 2 heterocycles. The van der Waals surface area contributed by atoms with Crippen LogP contribution in [0.25, 0.3) is 0 Å². The van der Waals surface area contributed by atoms with Crippen LogP contribution in [-0.4, -0.2) is 39.9 Å². The van der Waals surface area contributed by atoms with E-state index in [-0.39, 0.29) is 5.91 Å². The van der Waals surface area contributed by atoms with Crippen molar-refractivity contribution in [2.24, 2.45) is 0 Å². The van der Waals surface area contributed by atoms with Crippen LogP contribution in [0.1, 0.15) is 21.1 Å². The maximum absolute atomic E-state index is 12.1. The molecular weight excluding hydrogens is 262 g/mol. The van der Waals surface area contributed by atoms with E-state index in [1.807, 2.05) is 6.92 Å². The largest absolute Gasteiger partial charge is 0.357 e. The number of hydrogen-bond donors (Lipinski definition) is 1. The highest BCUT2D eigenvalue weighted by Crippen LogP contribution is 2.11. The van der Waals surface area contributed by atoms with Crippen LogP contribution in [0.15, 0.2) is 17.8 Å². The van der Waals surface area contributed by atoms with Gasteiger partial charge in [-0.3, -0.25) is 4.79 Å². The van der Waals surface area contributed by atoms with Gasteiger partial charge in [0.2, 0.25) is 5.95 Å². The summed E-state index contributed by atoms with van der Waals surface area (Å²) in [5.41, 5.74) is 1.36. The van der Waals surface area contributed by atoms with Crippen LogP contribution in [0.4, 0.5) is 5.95 Å². The van der Waals surface area contributed by atoms with Gasteiger partial charge >= 0.3 is 0 Å². The quantitative estimate of drug-likeness (QED) is 0.918. The van der Waals surface area contributed by atoms with Crippen molar-refractivity contribution in [2.75, 3.05) is 19.4 Å². The summed E-state index contributed by atoms with van der Waals surface area (Å²) in [6, 6.07) is 0. The Hall–Kier alpha value is -2.02. The van der Waals surface area contributed by atoms with Crippen molar-refractivity contribution in [2.45, 2.75) is 13.5 Å². The Morgan fingerprint density at radius 3 is 2.63 bits per heavy atom. The van der Waals surface area contributed by atoms with Crippen molar-refractivity contribution in [1.29, 1.82) is 0 Å². The Bertz CT molecular complexity index is 566. The molecule has 100 valence electrons. The van der Waals surface area contributed by atoms with Crippen LogP contribution < -0.4 is 5.32 Å². The highest BCUT2D eigenvalue weighted by atomic mass is 32.1. The lowest BCUT2D eigenvalue weighted by molar-refractivity contribution is 0.0779. The Kier molecular flexibility index (Phi) is 4.06. The molecule has 19 heavy (non-hydrogen) atoms. The molecule has 1 amide bonds. The molecule has 0 saturated heterocycles. The minimum atomic E-state index is -0.0953. The summed E-state index contributed by atoms with van der Waals surface area (Å²) < 4.78 is 0. The number of nitrogens with one attached hydrogen (secondary N) is 1. The first kappa shape index (κ1) is 13.4. The van der Waals surface area contributed by atoms with Gasteiger partial charge in [0, 0.05) is 44.0 Å². The summed E-state index contributed by atoms with van der Waals surface area (Å²) in [5, 5.41) is 5.51. The molecule has 0 atom stereocenters. The first-order chi connectivity index (χ1) is 9.10. The first-order valence-corrected chi connectivity index (χ1v) is 6.64. The fraction of sp³-hybridized carbons (Fsp3) is 0.333. The average Bonchev–Trinajstić information content (AvgIpc) is 2.85. The summed E-state index contributed by atoms with van der Waals surface area (Å²) in [7, 11) is 3.50. The van der Waals surface area contributed by atoms with E-state index >= 15 is 0 Å². The Labute approximate surface area is 115 Å². The van der Waals surface area contributed by atoms with E-state index in [0.29, 0.717) is 18.2 Å². The van der Waals surface area contributed by atoms with Crippen molar-refractivity contribution in [3.63, 3.8) is 0 Å². The molecule has 6 nitrogen and oxygen atoms in total. The Morgan fingerprint density at radius 2 is 2.11 bits per heavy atom. The van der Waals surface area contributed by atoms with Gasteiger partial charge < -0.3 is 10.2 Å². The standard InChI is InChI=1S/C12H15N5OS/c1-8-16-10(7-19-8)11(18)17(3)6-9-4-14-12(13-2)15-5-9/h4-5,7H,6H2,1-3H3,(H,13,14,15). The summed E-state index contributed by atoms with van der Waals surface area (Å²) >= 11 is 1.47. The van der Waals surface area contributed by atoms with Crippen LogP contribution in [0.2, 0.25) is 0 Å². The number of carbonyl (C=O) groups is 1. The lowest BCUT2D eigenvalue weighted by Gasteiger charge is -2.15. The molecule has 2 rings (SSSR count). The fourth-order valence-corrected chi connectivity index (χ4v) is 2.16. The van der Waals surface area contributed by atoms with Gasteiger partial charge in [0.25, 0.3) is 5.91 Å². The number of anilines is 1. The molecule has 0 aliphatic carbocycles. The average molecular weight is 277 g/mol. The number of amides is 1. The zero-order valence-electron chi connectivity index (χ0n) is 11.0. The zero-order valence-corrected chi connectivity index (χ0v) is 11.9. The number of rotatable bonds is 4. The second-order valence-corrected chi connectivity index (χ2v) is 5.14. The molecule has 0 radical (unpaired) electrons. The van der Waals surface area contributed by atoms with E-state index in [0.717, 1.165) is 10.6 Å². The van der Waals surface area contributed by atoms with Crippen molar-refractivity contribution in [3.8, 4) is 0 Å². The third-order valence-electron chi connectivity index (χ3n) is 2.53. The van der Waals surface area contributed by atoms with Gasteiger partial charge in [-0.15, -0.1) is 11.3 Å². The number of aromatic nitrogens is 3. The molecular formula is C12H15N5OS.